The number of aromatic nitrogens is 3. The Morgan fingerprint density at radius 3 is 1.86 bits per heavy atom. The number of benzene rings is 2. The van der Waals surface area contributed by atoms with Crippen molar-refractivity contribution in [2.45, 2.75) is 108 Å². The minimum absolute atomic E-state index is 0.0491. The van der Waals surface area contributed by atoms with Crippen LogP contribution < -0.4 is 49.1 Å². The Labute approximate surface area is 396 Å². The van der Waals surface area contributed by atoms with E-state index in [2.05, 4.69) is 51.8 Å². The molecule has 0 aliphatic heterocycles. The number of aliphatic hydroxyl groups is 1. The summed E-state index contributed by atoms with van der Waals surface area (Å²) in [6, 6.07) is 5.23. The third kappa shape index (κ3) is 16.8. The zero-order valence-corrected chi connectivity index (χ0v) is 38.3. The first-order valence-electron chi connectivity index (χ1n) is 22.1. The van der Waals surface area contributed by atoms with Gasteiger partial charge in [0, 0.05) is 54.8 Å². The van der Waals surface area contributed by atoms with Gasteiger partial charge in [0.25, 0.3) is 0 Å². The fraction of sp³-hybridized carbons (Fsp3) is 0.422. The van der Waals surface area contributed by atoms with Gasteiger partial charge in [-0.3, -0.25) is 38.6 Å². The Hall–Kier alpha value is -7.86. The lowest BCUT2D eigenvalue weighted by molar-refractivity contribution is -0.143. The highest BCUT2D eigenvalue weighted by atomic mass is 16.4. The number of aliphatic hydroxyl groups excluding tert-OH is 1. The van der Waals surface area contributed by atoms with Crippen molar-refractivity contribution >= 4 is 64.2 Å². The molecule has 0 radical (unpaired) electrons. The van der Waals surface area contributed by atoms with Crippen LogP contribution in [-0.2, 0) is 57.6 Å². The van der Waals surface area contributed by atoms with Gasteiger partial charge in [0.15, 0.2) is 5.96 Å². The summed E-state index contributed by atoms with van der Waals surface area (Å²) in [5.74, 6) is -9.42. The molecule has 2 heterocycles. The number of carboxylic acid groups (broad SMARTS) is 2. The van der Waals surface area contributed by atoms with Crippen molar-refractivity contribution in [2.75, 3.05) is 6.54 Å². The molecule has 4 aromatic rings. The number of guanidine groups is 1. The van der Waals surface area contributed by atoms with E-state index in [1.165, 1.54) is 12.5 Å². The molecule has 0 spiro atoms. The summed E-state index contributed by atoms with van der Waals surface area (Å²) >= 11 is 0. The number of nitrogens with two attached hydrogens (primary N) is 3. The Balaban J connectivity index is 1.57. The second-order valence-electron chi connectivity index (χ2n) is 16.7. The highest BCUT2D eigenvalue weighted by molar-refractivity contribution is 5.98. The summed E-state index contributed by atoms with van der Waals surface area (Å²) in [7, 11) is 0. The Bertz CT molecular complexity index is 2420. The lowest BCUT2D eigenvalue weighted by atomic mass is 10.0. The molecular weight excluding hydrogens is 899 g/mol. The quantitative estimate of drug-likeness (QED) is 0.0171. The molecule has 0 aliphatic rings. The van der Waals surface area contributed by atoms with E-state index in [9.17, 15) is 53.7 Å². The number of aliphatic carboxylic acids is 2. The van der Waals surface area contributed by atoms with Crippen LogP contribution in [0.15, 0.2) is 78.3 Å². The molecule has 0 aliphatic carbocycles. The summed E-state index contributed by atoms with van der Waals surface area (Å²) in [5.41, 5.74) is 19.1. The van der Waals surface area contributed by atoms with Gasteiger partial charge in [-0.05, 0) is 42.9 Å². The van der Waals surface area contributed by atoms with Gasteiger partial charge in [-0.15, -0.1) is 0 Å². The Morgan fingerprint density at radius 1 is 0.681 bits per heavy atom. The zero-order valence-electron chi connectivity index (χ0n) is 38.3. The maximum atomic E-state index is 14.1. The lowest BCUT2D eigenvalue weighted by Gasteiger charge is -2.28. The van der Waals surface area contributed by atoms with Gasteiger partial charge in [0.1, 0.15) is 36.3 Å². The fourth-order valence-electron chi connectivity index (χ4n) is 7.16. The number of para-hydroxylation sites is 1. The Morgan fingerprint density at radius 2 is 1.25 bits per heavy atom. The molecule has 0 saturated carbocycles. The fourth-order valence-corrected chi connectivity index (χ4v) is 7.16. The lowest BCUT2D eigenvalue weighted by Crippen LogP contribution is -2.62. The van der Waals surface area contributed by atoms with Gasteiger partial charge >= 0.3 is 11.9 Å². The number of aromatic amines is 2. The monoisotopic (exact) mass is 959 g/mol. The Kier molecular flexibility index (Phi) is 20.2. The maximum Gasteiger partial charge on any atom is 0.326 e. The summed E-state index contributed by atoms with van der Waals surface area (Å²) in [4.78, 5) is 121. The molecule has 2 aromatic carbocycles. The smallest absolute Gasteiger partial charge is 0.326 e. The number of imidazole rings is 1. The topological polar surface area (TPSA) is 404 Å². The van der Waals surface area contributed by atoms with Gasteiger partial charge in [-0.25, -0.2) is 9.78 Å². The van der Waals surface area contributed by atoms with E-state index < -0.39 is 108 Å². The largest absolute Gasteiger partial charge is 0.481 e. The SMILES string of the molecule is CC(C)[C@H](NC(=O)[C@H](Cc1c[nH]c2ccccc12)NC(=O)[C@@H](NC(=O)[C@H](CC(=O)O)NC(=O)[C@H](Cc1cnc[nH]1)NC(=O)[C@H](Cc1ccccc1)NC(=O)[C@@H](N)CCCN=C(N)N)[C@@H](C)O)C(=O)O. The number of rotatable bonds is 27. The number of hydrogen-bond acceptors (Lipinski definition) is 12. The second-order valence-corrected chi connectivity index (χ2v) is 16.7. The predicted molar refractivity (Wildman–Crippen MR) is 250 cm³/mol. The van der Waals surface area contributed by atoms with Crippen LogP contribution in [0.2, 0.25) is 0 Å². The minimum atomic E-state index is -1.92. The number of H-pyrrole nitrogens is 2. The zero-order chi connectivity index (χ0) is 50.8. The number of carboxylic acids is 2. The van der Waals surface area contributed by atoms with E-state index in [1.807, 2.05) is 0 Å². The number of nitrogens with one attached hydrogen (secondary N) is 8. The molecular formula is C45H61N13O11. The van der Waals surface area contributed by atoms with Gasteiger partial charge in [0.2, 0.25) is 35.4 Å². The molecule has 17 N–H and O–H groups in total. The molecule has 69 heavy (non-hydrogen) atoms. The van der Waals surface area contributed by atoms with Crippen molar-refractivity contribution in [1.29, 1.82) is 0 Å². The van der Waals surface area contributed by atoms with Crippen molar-refractivity contribution in [2.24, 2.45) is 28.1 Å². The minimum Gasteiger partial charge on any atom is -0.481 e. The molecule has 0 unspecified atom stereocenters. The predicted octanol–water partition coefficient (Wildman–Crippen LogP) is -2.20. The molecule has 24 heteroatoms. The number of carbonyl (C=O) groups excluding carboxylic acids is 6. The first-order chi connectivity index (χ1) is 32.7. The van der Waals surface area contributed by atoms with Crippen LogP contribution in [0.3, 0.4) is 0 Å². The van der Waals surface area contributed by atoms with Crippen LogP contribution in [0.4, 0.5) is 0 Å². The van der Waals surface area contributed by atoms with Crippen molar-refractivity contribution in [3.63, 3.8) is 0 Å². The number of hydrogen-bond donors (Lipinski definition) is 14. The van der Waals surface area contributed by atoms with Gasteiger partial charge in [-0.1, -0.05) is 62.4 Å². The molecule has 0 bridgehead atoms. The summed E-state index contributed by atoms with van der Waals surface area (Å²) in [6.45, 7) is 4.50. The third-order valence-electron chi connectivity index (χ3n) is 10.9. The van der Waals surface area contributed by atoms with Crippen LogP contribution in [-0.4, -0.2) is 139 Å². The number of aliphatic imine (C=N–C) groups is 1. The first kappa shape index (κ1) is 53.8. The summed E-state index contributed by atoms with van der Waals surface area (Å²) in [6.07, 6.45) is 1.58. The standard InChI is InChI=1S/C45H61N13O11/c1-23(2)36(44(68)69)57-41(65)32(17-26-20-51-30-14-8-7-12-28(26)30)56-43(67)37(24(3)59)58-42(66)34(19-35(60)61)55-40(64)33(18-27-21-49-22-52-27)54-39(63)31(16-25-10-5-4-6-11-25)53-38(62)29(46)13-9-15-50-45(47)48/h4-8,10-12,14,20-24,29,31-34,36-37,51,59H,9,13,15-19,46H2,1-3H3,(H,49,52)(H,53,62)(H,54,63)(H,55,64)(H,56,67)(H,57,65)(H,58,66)(H,60,61)(H,68,69)(H4,47,48,50)/t24-,29+,31+,32+,33+,34+,36+,37+/m1/s1. The molecule has 2 aromatic heterocycles. The number of carbonyl (C=O) groups is 8. The van der Waals surface area contributed by atoms with E-state index in [4.69, 9.17) is 17.2 Å². The number of amides is 6. The van der Waals surface area contributed by atoms with Crippen molar-refractivity contribution in [3.8, 4) is 0 Å². The van der Waals surface area contributed by atoms with E-state index in [0.717, 1.165) is 6.92 Å². The van der Waals surface area contributed by atoms with Crippen molar-refractivity contribution in [1.82, 2.24) is 46.9 Å². The normalized spacial score (nSPS) is 14.6. The average Bonchev–Trinajstić information content (AvgIpc) is 3.97. The van der Waals surface area contributed by atoms with E-state index in [-0.39, 0.29) is 38.2 Å². The van der Waals surface area contributed by atoms with Crippen molar-refractivity contribution < 1.29 is 53.7 Å². The third-order valence-corrected chi connectivity index (χ3v) is 10.9. The molecule has 8 atom stereocenters. The molecule has 24 nitrogen and oxygen atoms in total. The van der Waals surface area contributed by atoms with Crippen LogP contribution in [0.5, 0.6) is 0 Å². The van der Waals surface area contributed by atoms with Crippen molar-refractivity contribution in [3.05, 3.63) is 90.1 Å². The van der Waals surface area contributed by atoms with Crippen LogP contribution in [0.1, 0.15) is 56.9 Å². The second kappa shape index (κ2) is 25.9. The van der Waals surface area contributed by atoms with E-state index >= 15 is 0 Å². The van der Waals surface area contributed by atoms with E-state index in [1.54, 1.807) is 74.6 Å². The van der Waals surface area contributed by atoms with Crippen LogP contribution in [0.25, 0.3) is 10.9 Å². The highest BCUT2D eigenvalue weighted by Gasteiger charge is 2.36. The number of nitrogens with zero attached hydrogens (tertiary/aromatic N) is 2. The van der Waals surface area contributed by atoms with Crippen LogP contribution >= 0.6 is 0 Å². The maximum absolute atomic E-state index is 14.1. The van der Waals surface area contributed by atoms with E-state index in [0.29, 0.717) is 34.1 Å². The molecule has 6 amide bonds. The summed E-state index contributed by atoms with van der Waals surface area (Å²) < 4.78 is 0. The summed E-state index contributed by atoms with van der Waals surface area (Å²) in [5, 5.41) is 45.9. The first-order valence-corrected chi connectivity index (χ1v) is 22.1. The van der Waals surface area contributed by atoms with Gasteiger partial charge in [0.05, 0.1) is 24.9 Å². The number of fused-ring (bicyclic) bond motifs is 1. The molecule has 372 valence electrons. The average molecular weight is 960 g/mol. The molecule has 0 saturated heterocycles. The molecule has 0 fully saturated rings. The highest BCUT2D eigenvalue weighted by Crippen LogP contribution is 2.20. The van der Waals surface area contributed by atoms with Crippen LogP contribution in [0, 0.1) is 5.92 Å². The van der Waals surface area contributed by atoms with Gasteiger partial charge < -0.3 is 74.4 Å². The van der Waals surface area contributed by atoms with Gasteiger partial charge in [-0.2, -0.15) is 0 Å². The molecule has 4 rings (SSSR count).